The van der Waals surface area contributed by atoms with Gasteiger partial charge < -0.3 is 0 Å². The van der Waals surface area contributed by atoms with Crippen molar-refractivity contribution in [2.24, 2.45) is 0 Å². The first kappa shape index (κ1) is 14.6. The van der Waals surface area contributed by atoms with E-state index in [1.165, 1.54) is 11.3 Å². The fraction of sp³-hybridized carbons (Fsp3) is 0.214. The van der Waals surface area contributed by atoms with E-state index in [2.05, 4.69) is 15.9 Å². The van der Waals surface area contributed by atoms with Crippen molar-refractivity contribution in [2.75, 3.05) is 5.75 Å². The molecule has 0 aliphatic carbocycles. The van der Waals surface area contributed by atoms with Crippen LogP contribution in [0, 0.1) is 6.92 Å². The fourth-order valence-corrected chi connectivity index (χ4v) is 4.24. The molecule has 0 radical (unpaired) electrons. The highest BCUT2D eigenvalue weighted by Gasteiger charge is 2.13. The van der Waals surface area contributed by atoms with Gasteiger partial charge in [-0.3, -0.25) is 9.00 Å². The van der Waals surface area contributed by atoms with Gasteiger partial charge in [0.2, 0.25) is 0 Å². The van der Waals surface area contributed by atoms with E-state index in [9.17, 15) is 9.00 Å². The molecule has 2 nitrogen and oxygen atoms in total. The van der Waals surface area contributed by atoms with Crippen LogP contribution in [-0.2, 0) is 16.6 Å². The molecule has 0 aliphatic rings. The number of carbonyl (C=O) groups is 1. The van der Waals surface area contributed by atoms with Crippen LogP contribution in [0.25, 0.3) is 0 Å². The molecule has 2 rings (SSSR count). The van der Waals surface area contributed by atoms with Gasteiger partial charge in [-0.2, -0.15) is 0 Å². The quantitative estimate of drug-likeness (QED) is 0.760. The van der Waals surface area contributed by atoms with Gasteiger partial charge >= 0.3 is 0 Å². The number of hydrogen-bond donors (Lipinski definition) is 0. The first-order valence-electron chi connectivity index (χ1n) is 5.73. The Morgan fingerprint density at radius 3 is 2.74 bits per heavy atom. The molecule has 19 heavy (non-hydrogen) atoms. The van der Waals surface area contributed by atoms with E-state index in [1.54, 1.807) is 6.07 Å². The average molecular weight is 357 g/mol. The molecule has 1 atom stereocenters. The molecule has 0 amide bonds. The summed E-state index contributed by atoms with van der Waals surface area (Å²) in [7, 11) is -1.16. The third-order valence-electron chi connectivity index (χ3n) is 2.55. The van der Waals surface area contributed by atoms with Gasteiger partial charge in [0.15, 0.2) is 5.78 Å². The molecule has 0 spiro atoms. The summed E-state index contributed by atoms with van der Waals surface area (Å²) in [4.78, 5) is 12.6. The first-order chi connectivity index (χ1) is 9.04. The van der Waals surface area contributed by atoms with E-state index >= 15 is 0 Å². The van der Waals surface area contributed by atoms with E-state index in [-0.39, 0.29) is 11.5 Å². The van der Waals surface area contributed by atoms with Crippen LogP contribution >= 0.6 is 27.3 Å². The summed E-state index contributed by atoms with van der Waals surface area (Å²) in [6.45, 7) is 2.00. The Morgan fingerprint density at radius 2 is 2.11 bits per heavy atom. The van der Waals surface area contributed by atoms with Gasteiger partial charge in [-0.05, 0) is 40.5 Å². The fourth-order valence-electron chi connectivity index (χ4n) is 1.72. The van der Waals surface area contributed by atoms with Gasteiger partial charge in [0.05, 0.1) is 14.4 Å². The number of rotatable bonds is 5. The van der Waals surface area contributed by atoms with Crippen molar-refractivity contribution in [3.63, 3.8) is 0 Å². The minimum Gasteiger partial charge on any atom is -0.292 e. The van der Waals surface area contributed by atoms with Gasteiger partial charge in [-0.25, -0.2) is 0 Å². The Kier molecular flexibility index (Phi) is 5.07. The summed E-state index contributed by atoms with van der Waals surface area (Å²) in [5.74, 6) is 0.461. The van der Waals surface area contributed by atoms with Crippen molar-refractivity contribution in [3.8, 4) is 0 Å². The number of Topliss-reactive ketones (excluding diaryl/α,β-unsaturated/α-hetero) is 1. The molecule has 1 heterocycles. The SMILES string of the molecule is Cc1cccc(CS(=O)CC(=O)c2ccc(Br)s2)c1. The van der Waals surface area contributed by atoms with E-state index < -0.39 is 10.8 Å². The lowest BCUT2D eigenvalue weighted by Crippen LogP contribution is -2.11. The predicted molar refractivity (Wildman–Crippen MR) is 84.2 cm³/mol. The molecule has 0 aliphatic heterocycles. The molecule has 0 saturated heterocycles. The minimum absolute atomic E-state index is 0.0540. The van der Waals surface area contributed by atoms with Crippen LogP contribution < -0.4 is 0 Å². The van der Waals surface area contributed by atoms with Gasteiger partial charge in [-0.15, -0.1) is 11.3 Å². The Hall–Kier alpha value is -0.780. The molecule has 1 unspecified atom stereocenters. The number of ketones is 1. The standard InChI is InChI=1S/C14H13BrO2S2/c1-10-3-2-4-11(7-10)8-19(17)9-12(16)13-5-6-14(15)18-13/h2-7H,8-9H2,1H3. The third kappa shape index (κ3) is 4.37. The van der Waals surface area contributed by atoms with Gasteiger partial charge in [0, 0.05) is 16.6 Å². The summed E-state index contributed by atoms with van der Waals surface area (Å²) in [6, 6.07) is 11.5. The van der Waals surface area contributed by atoms with E-state index in [4.69, 9.17) is 0 Å². The lowest BCUT2D eigenvalue weighted by Gasteiger charge is -2.02. The Balaban J connectivity index is 1.96. The van der Waals surface area contributed by atoms with Gasteiger partial charge in [-0.1, -0.05) is 29.8 Å². The minimum atomic E-state index is -1.16. The maximum Gasteiger partial charge on any atom is 0.185 e. The van der Waals surface area contributed by atoms with E-state index in [1.807, 2.05) is 37.3 Å². The summed E-state index contributed by atoms with van der Waals surface area (Å²) in [6.07, 6.45) is 0. The second-order valence-corrected chi connectivity index (χ2v) is 8.16. The molecule has 0 bridgehead atoms. The van der Waals surface area contributed by atoms with Crippen LogP contribution in [0.2, 0.25) is 0 Å². The zero-order valence-electron chi connectivity index (χ0n) is 10.4. The van der Waals surface area contributed by atoms with Crippen LogP contribution in [-0.4, -0.2) is 15.7 Å². The number of thiophene rings is 1. The number of carbonyl (C=O) groups excluding carboxylic acids is 1. The zero-order chi connectivity index (χ0) is 13.8. The van der Waals surface area contributed by atoms with Crippen LogP contribution in [0.1, 0.15) is 20.8 Å². The average Bonchev–Trinajstić information content (AvgIpc) is 2.75. The topological polar surface area (TPSA) is 34.1 Å². The summed E-state index contributed by atoms with van der Waals surface area (Å²) >= 11 is 4.70. The van der Waals surface area contributed by atoms with Crippen molar-refractivity contribution in [1.29, 1.82) is 0 Å². The molecule has 5 heteroatoms. The van der Waals surface area contributed by atoms with Crippen LogP contribution in [0.3, 0.4) is 0 Å². The molecule has 100 valence electrons. The maximum absolute atomic E-state index is 12.0. The van der Waals surface area contributed by atoms with Crippen LogP contribution in [0.5, 0.6) is 0 Å². The lowest BCUT2D eigenvalue weighted by molar-refractivity contribution is 0.102. The first-order valence-corrected chi connectivity index (χ1v) is 8.83. The monoisotopic (exact) mass is 356 g/mol. The Bertz CT molecular complexity index is 619. The molecular weight excluding hydrogens is 344 g/mol. The summed E-state index contributed by atoms with van der Waals surface area (Å²) in [5.41, 5.74) is 2.15. The predicted octanol–water partition coefficient (Wildman–Crippen LogP) is 3.95. The van der Waals surface area contributed by atoms with Gasteiger partial charge in [0.1, 0.15) is 0 Å². The van der Waals surface area contributed by atoms with Crippen molar-refractivity contribution in [2.45, 2.75) is 12.7 Å². The van der Waals surface area contributed by atoms with Crippen molar-refractivity contribution in [3.05, 3.63) is 56.2 Å². The lowest BCUT2D eigenvalue weighted by atomic mass is 10.2. The number of halogens is 1. The third-order valence-corrected chi connectivity index (χ3v) is 5.45. The molecule has 0 saturated carbocycles. The van der Waals surface area contributed by atoms with E-state index in [0.29, 0.717) is 10.6 Å². The zero-order valence-corrected chi connectivity index (χ0v) is 13.6. The number of aryl methyl sites for hydroxylation is 1. The van der Waals surface area contributed by atoms with Crippen molar-refractivity contribution < 1.29 is 9.00 Å². The largest absolute Gasteiger partial charge is 0.292 e. The smallest absolute Gasteiger partial charge is 0.185 e. The second kappa shape index (κ2) is 6.59. The Labute approximate surface area is 127 Å². The second-order valence-electron chi connectivity index (χ2n) is 4.24. The molecular formula is C14H13BrO2S2. The Morgan fingerprint density at radius 1 is 1.32 bits per heavy atom. The van der Waals surface area contributed by atoms with Crippen LogP contribution in [0.4, 0.5) is 0 Å². The molecule has 1 aromatic carbocycles. The number of hydrogen-bond acceptors (Lipinski definition) is 3. The normalized spacial score (nSPS) is 12.3. The highest BCUT2D eigenvalue weighted by molar-refractivity contribution is 9.11. The van der Waals surface area contributed by atoms with Crippen molar-refractivity contribution >= 4 is 43.8 Å². The van der Waals surface area contributed by atoms with Gasteiger partial charge in [0.25, 0.3) is 0 Å². The molecule has 0 N–H and O–H groups in total. The molecule has 1 aromatic heterocycles. The van der Waals surface area contributed by atoms with Crippen molar-refractivity contribution in [1.82, 2.24) is 0 Å². The maximum atomic E-state index is 12.0. The highest BCUT2D eigenvalue weighted by atomic mass is 79.9. The highest BCUT2D eigenvalue weighted by Crippen LogP contribution is 2.22. The number of benzene rings is 1. The van der Waals surface area contributed by atoms with E-state index in [0.717, 1.165) is 14.9 Å². The summed E-state index contributed by atoms with van der Waals surface area (Å²) in [5, 5.41) is 0. The summed E-state index contributed by atoms with van der Waals surface area (Å²) < 4.78 is 12.9. The molecule has 2 aromatic rings. The van der Waals surface area contributed by atoms with Crippen LogP contribution in [0.15, 0.2) is 40.2 Å². The molecule has 0 fully saturated rings.